The number of aliphatic hydroxyl groups is 1. The second-order valence-electron chi connectivity index (χ2n) is 16.5. The zero-order valence-electron chi connectivity index (χ0n) is 34.7. The molecule has 0 saturated carbocycles. The Morgan fingerprint density at radius 2 is 1.72 bits per heavy atom. The molecule has 8 rings (SSSR count). The van der Waals surface area contributed by atoms with Crippen molar-refractivity contribution in [2.75, 3.05) is 32.3 Å². The Balaban J connectivity index is 1.20. The summed E-state index contributed by atoms with van der Waals surface area (Å²) in [6.45, 7) is 7.58. The van der Waals surface area contributed by atoms with Crippen LogP contribution in [-0.4, -0.2) is 83.3 Å². The van der Waals surface area contributed by atoms with E-state index in [1.54, 1.807) is 17.9 Å². The third-order valence-corrected chi connectivity index (χ3v) is 17.2. The number of aryl methyl sites for hydroxylation is 1. The lowest BCUT2D eigenvalue weighted by atomic mass is 9.82. The van der Waals surface area contributed by atoms with Crippen LogP contribution in [0.15, 0.2) is 108 Å². The Kier molecular flexibility index (Phi) is 11.4. The van der Waals surface area contributed by atoms with Gasteiger partial charge >= 0.3 is 5.97 Å². The van der Waals surface area contributed by atoms with E-state index in [9.17, 15) is 14.7 Å². The summed E-state index contributed by atoms with van der Waals surface area (Å²) < 4.78 is 21.2. The highest BCUT2D eigenvalue weighted by Gasteiger charge is 2.66. The number of para-hydroxylation sites is 1. The third kappa shape index (κ3) is 7.15. The fourth-order valence-corrected chi connectivity index (χ4v) is 13.8. The minimum Gasteiger partial charge on any atom is -0.497 e. The van der Waals surface area contributed by atoms with Crippen LogP contribution in [0.2, 0.25) is 18.6 Å². The maximum absolute atomic E-state index is 15.4. The quantitative estimate of drug-likeness (QED) is 0.0717. The molecule has 4 aromatic carbocycles. The van der Waals surface area contributed by atoms with Crippen molar-refractivity contribution in [2.24, 2.45) is 5.92 Å². The van der Waals surface area contributed by atoms with Gasteiger partial charge in [0.15, 0.2) is 5.60 Å². The number of unbranched alkanes of at least 4 members (excludes halogenated alkanes) is 1. The van der Waals surface area contributed by atoms with E-state index in [2.05, 4.69) is 47.6 Å². The second kappa shape index (κ2) is 16.7. The molecule has 2 aromatic heterocycles. The van der Waals surface area contributed by atoms with E-state index in [0.717, 1.165) is 22.6 Å². The smallest absolute Gasteiger partial charge is 0.305 e. The number of H-pyrrole nitrogens is 1. The predicted molar refractivity (Wildman–Crippen MR) is 232 cm³/mol. The molecule has 0 bridgehead atoms. The van der Waals surface area contributed by atoms with Crippen molar-refractivity contribution < 1.29 is 28.9 Å². The van der Waals surface area contributed by atoms with Gasteiger partial charge in [-0.05, 0) is 72.8 Å². The summed E-state index contributed by atoms with van der Waals surface area (Å²) in [6, 6.07) is 31.2. The number of benzene rings is 4. The molecule has 1 spiro atoms. The summed E-state index contributed by atoms with van der Waals surface area (Å²) in [7, 11) is 0.561. The van der Waals surface area contributed by atoms with Gasteiger partial charge in [0.05, 0.1) is 68.9 Å². The molecule has 4 heterocycles. The number of fused-ring (bicyclic) bond motifs is 3. The van der Waals surface area contributed by atoms with Gasteiger partial charge in [0.2, 0.25) is 0 Å². The number of aromatic amines is 1. The Hall–Kier alpha value is -5.83. The van der Waals surface area contributed by atoms with Crippen molar-refractivity contribution in [3.05, 3.63) is 130 Å². The molecule has 1 fully saturated rings. The van der Waals surface area contributed by atoms with Crippen LogP contribution in [-0.2, 0) is 31.2 Å². The number of nitrogens with zero attached hydrogens (tertiary/aromatic N) is 5. The molecule has 1 unspecified atom stereocenters. The number of rotatable bonds is 15. The zero-order chi connectivity index (χ0) is 42.2. The molecule has 60 heavy (non-hydrogen) atoms. The number of hydrogen-bond donors (Lipinski definition) is 2. The van der Waals surface area contributed by atoms with Crippen LogP contribution >= 0.6 is 0 Å². The highest BCUT2D eigenvalue weighted by molar-refractivity contribution is 6.91. The average Bonchev–Trinajstić information content (AvgIpc) is 4.01. The summed E-state index contributed by atoms with van der Waals surface area (Å²) in [5.74, 6) is -0.259. The Morgan fingerprint density at radius 1 is 0.967 bits per heavy atom. The monoisotopic (exact) mass is 828 g/mol. The average molecular weight is 829 g/mol. The lowest BCUT2D eigenvalue weighted by molar-refractivity contribution is -0.146. The van der Waals surface area contributed by atoms with E-state index in [1.165, 1.54) is 17.0 Å². The summed E-state index contributed by atoms with van der Waals surface area (Å²) in [4.78, 5) is 42.9. The van der Waals surface area contributed by atoms with E-state index in [0.29, 0.717) is 54.6 Å². The SMILES string of the molecule is COC(=O)CCCCN1C(=O)[C@]2(O[C@H](CCn3cc(C(CO)c4ccccc4)nn3)[C@@H]([Si](C)(C)c3ccc(OC)cc3)[C@@H]2C)c2cc(-n3[nH]c4ccccc4c3=O)ccc21. The molecule has 1 saturated heterocycles. The molecule has 6 aromatic rings. The molecule has 14 heteroatoms. The van der Waals surface area contributed by atoms with E-state index in [-0.39, 0.29) is 53.9 Å². The molecule has 0 aliphatic carbocycles. The first-order valence-electron chi connectivity index (χ1n) is 20.6. The molecule has 2 N–H and O–H groups in total. The van der Waals surface area contributed by atoms with Crippen LogP contribution < -0.4 is 20.4 Å². The fraction of sp³-hybridized carbons (Fsp3) is 0.370. The zero-order valence-corrected chi connectivity index (χ0v) is 35.7. The summed E-state index contributed by atoms with van der Waals surface area (Å²) >= 11 is 0. The fourth-order valence-electron chi connectivity index (χ4n) is 9.71. The van der Waals surface area contributed by atoms with E-state index < -0.39 is 13.7 Å². The van der Waals surface area contributed by atoms with Gasteiger partial charge in [0.1, 0.15) is 5.75 Å². The lowest BCUT2D eigenvalue weighted by Crippen LogP contribution is -2.52. The molecular weight excluding hydrogens is 777 g/mol. The van der Waals surface area contributed by atoms with Crippen LogP contribution in [0.25, 0.3) is 16.6 Å². The first-order valence-corrected chi connectivity index (χ1v) is 23.7. The van der Waals surface area contributed by atoms with Crippen molar-refractivity contribution >= 4 is 41.7 Å². The molecule has 13 nitrogen and oxygen atoms in total. The van der Waals surface area contributed by atoms with Gasteiger partial charge in [-0.15, -0.1) is 5.10 Å². The lowest BCUT2D eigenvalue weighted by Gasteiger charge is -2.37. The van der Waals surface area contributed by atoms with E-state index >= 15 is 4.79 Å². The summed E-state index contributed by atoms with van der Waals surface area (Å²) in [5.41, 5.74) is 2.81. The van der Waals surface area contributed by atoms with E-state index in [4.69, 9.17) is 14.2 Å². The third-order valence-electron chi connectivity index (χ3n) is 12.9. The largest absolute Gasteiger partial charge is 0.497 e. The minimum atomic E-state index is -2.47. The number of ether oxygens (including phenoxy) is 3. The maximum Gasteiger partial charge on any atom is 0.305 e. The normalized spacial score (nSPS) is 20.5. The van der Waals surface area contributed by atoms with Gasteiger partial charge in [0, 0.05) is 37.2 Å². The highest BCUT2D eigenvalue weighted by Crippen LogP contribution is 2.60. The van der Waals surface area contributed by atoms with E-state index in [1.807, 2.05) is 90.0 Å². The number of methoxy groups -OCH3 is 2. The molecule has 2 aliphatic rings. The Labute approximate surface area is 349 Å². The van der Waals surface area contributed by atoms with Gasteiger partial charge in [0.25, 0.3) is 11.5 Å². The molecule has 5 atom stereocenters. The van der Waals surface area contributed by atoms with Crippen molar-refractivity contribution in [2.45, 2.75) is 75.4 Å². The van der Waals surface area contributed by atoms with Crippen molar-refractivity contribution in [1.29, 1.82) is 0 Å². The first kappa shape index (κ1) is 40.9. The second-order valence-corrected chi connectivity index (χ2v) is 21.2. The number of esters is 1. The van der Waals surface area contributed by atoms with Crippen LogP contribution in [0.1, 0.15) is 55.3 Å². The van der Waals surface area contributed by atoms with Gasteiger partial charge in [-0.3, -0.25) is 24.2 Å². The van der Waals surface area contributed by atoms with Gasteiger partial charge in [-0.2, -0.15) is 0 Å². The van der Waals surface area contributed by atoms with Crippen LogP contribution in [0.3, 0.4) is 0 Å². The van der Waals surface area contributed by atoms with Gasteiger partial charge in [-0.1, -0.05) is 85.0 Å². The molecule has 2 aliphatic heterocycles. The Bertz CT molecular complexity index is 2550. The molecule has 0 radical (unpaired) electrons. The van der Waals surface area contributed by atoms with Gasteiger partial charge < -0.3 is 24.2 Å². The number of aliphatic hydroxyl groups excluding tert-OH is 1. The number of nitrogens with one attached hydrogen (secondary N) is 1. The standard InChI is InChI=1S/C46H52N6O7Si/c1-30-43(60(4,5)34-21-19-33(57-2)20-22-34)41(24-26-50-28-39(47-49-50)36(29-53)31-13-7-6-8-14-31)59-46(30)37-27-32(52-44(55)35-15-9-10-16-38(35)48-52)18-23-40(37)51(45(46)56)25-12-11-17-42(54)58-3/h6-10,13-16,18-23,27-28,30,36,41,43,48,53H,11-12,17,24-26,29H2,1-5H3/t30-,36?,41+,43-,46+/m0/s1. The minimum absolute atomic E-state index is 0.0427. The first-order chi connectivity index (χ1) is 29.0. The van der Waals surface area contributed by atoms with Gasteiger partial charge in [-0.25, -0.2) is 4.68 Å². The van der Waals surface area contributed by atoms with Crippen molar-refractivity contribution in [1.82, 2.24) is 24.8 Å². The summed E-state index contributed by atoms with van der Waals surface area (Å²) in [5, 5.41) is 24.4. The highest BCUT2D eigenvalue weighted by atomic mass is 28.3. The number of amides is 1. The predicted octanol–water partition coefficient (Wildman–Crippen LogP) is 6.04. The van der Waals surface area contributed by atoms with Crippen molar-refractivity contribution in [3.63, 3.8) is 0 Å². The topological polar surface area (TPSA) is 154 Å². The number of anilines is 1. The van der Waals surface area contributed by atoms with Crippen molar-refractivity contribution in [3.8, 4) is 11.4 Å². The number of carbonyl (C=O) groups excluding carboxylic acids is 2. The summed E-state index contributed by atoms with van der Waals surface area (Å²) in [6.07, 6.45) is 3.46. The molecular formula is C46H52N6O7Si. The number of carbonyl (C=O) groups is 2. The van der Waals surface area contributed by atoms with Crippen LogP contribution in [0.4, 0.5) is 5.69 Å². The number of aromatic nitrogens is 5. The number of hydrogen-bond acceptors (Lipinski definition) is 9. The Morgan fingerprint density at radius 3 is 2.43 bits per heavy atom. The maximum atomic E-state index is 15.4. The molecule has 312 valence electrons. The molecule has 1 amide bonds. The van der Waals surface area contributed by atoms with Crippen LogP contribution in [0, 0.1) is 5.92 Å². The van der Waals surface area contributed by atoms with Crippen LogP contribution in [0.5, 0.6) is 5.75 Å².